The molecule has 1 N–H and O–H groups in total. The highest BCUT2D eigenvalue weighted by Crippen LogP contribution is 2.29. The Kier molecular flexibility index (Phi) is 8.01. The van der Waals surface area contributed by atoms with Gasteiger partial charge in [-0.15, -0.1) is 0 Å². The summed E-state index contributed by atoms with van der Waals surface area (Å²) in [6.45, 7) is 2.35. The fourth-order valence-electron chi connectivity index (χ4n) is 2.78. The minimum absolute atomic E-state index is 0.0772. The number of nitrogens with one attached hydrogen (secondary N) is 1. The number of amides is 1. The molecule has 0 saturated carbocycles. The molecule has 2 rings (SSSR count). The van der Waals surface area contributed by atoms with Gasteiger partial charge >= 0.3 is 5.97 Å². The molecule has 0 aromatic heterocycles. The van der Waals surface area contributed by atoms with Crippen molar-refractivity contribution in [2.24, 2.45) is 0 Å². The van der Waals surface area contributed by atoms with Crippen molar-refractivity contribution in [3.8, 4) is 5.75 Å². The maximum Gasteiger partial charge on any atom is 0.330 e. The molecule has 1 aromatic carbocycles. The molecule has 1 aliphatic rings. The number of hydrogen-bond acceptors (Lipinski definition) is 6. The first-order valence-corrected chi connectivity index (χ1v) is 10.6. The number of carbonyl (C=O) groups is 2. The van der Waals surface area contributed by atoms with E-state index in [2.05, 4.69) is 5.32 Å². The Morgan fingerprint density at radius 3 is 2.57 bits per heavy atom. The zero-order valence-corrected chi connectivity index (χ0v) is 17.0. The van der Waals surface area contributed by atoms with Gasteiger partial charge in [-0.25, -0.2) is 13.2 Å². The average molecular weight is 410 g/mol. The van der Waals surface area contributed by atoms with E-state index in [1.807, 2.05) is 6.92 Å². The third-order valence-electron chi connectivity index (χ3n) is 4.23. The molecular formula is C19H26N2O6S. The van der Waals surface area contributed by atoms with Gasteiger partial charge in [-0.05, 0) is 37.5 Å². The Balaban J connectivity index is 2.13. The Morgan fingerprint density at radius 2 is 1.93 bits per heavy atom. The summed E-state index contributed by atoms with van der Waals surface area (Å²) < 4.78 is 37.2. The largest absolute Gasteiger partial charge is 0.495 e. The normalized spacial score (nSPS) is 15.4. The van der Waals surface area contributed by atoms with Gasteiger partial charge in [0.1, 0.15) is 5.75 Å². The highest BCUT2D eigenvalue weighted by Gasteiger charge is 2.27. The molecule has 8 nitrogen and oxygen atoms in total. The Hall–Kier alpha value is -2.39. The number of piperidine rings is 1. The number of allylic oxidation sites excluding steroid dienone is 1. The zero-order valence-electron chi connectivity index (χ0n) is 16.1. The van der Waals surface area contributed by atoms with Crippen molar-refractivity contribution < 1.29 is 27.5 Å². The fourth-order valence-corrected chi connectivity index (χ4v) is 4.33. The summed E-state index contributed by atoms with van der Waals surface area (Å²) >= 11 is 0. The smallest absolute Gasteiger partial charge is 0.330 e. The predicted octanol–water partition coefficient (Wildman–Crippen LogP) is 2.32. The van der Waals surface area contributed by atoms with Crippen LogP contribution in [0.15, 0.2) is 35.2 Å². The molecule has 28 heavy (non-hydrogen) atoms. The summed E-state index contributed by atoms with van der Waals surface area (Å²) in [7, 11) is -2.23. The van der Waals surface area contributed by atoms with Crippen LogP contribution in [0.2, 0.25) is 0 Å². The minimum atomic E-state index is -3.65. The van der Waals surface area contributed by atoms with Crippen molar-refractivity contribution >= 4 is 27.6 Å². The molecule has 9 heteroatoms. The topological polar surface area (TPSA) is 102 Å². The molecular weight excluding hydrogens is 384 g/mol. The summed E-state index contributed by atoms with van der Waals surface area (Å²) in [5.74, 6) is -0.905. The number of benzene rings is 1. The number of esters is 1. The molecule has 154 valence electrons. The van der Waals surface area contributed by atoms with Gasteiger partial charge in [-0.1, -0.05) is 19.4 Å². The van der Waals surface area contributed by atoms with Gasteiger partial charge in [0.25, 0.3) is 5.91 Å². The van der Waals surface area contributed by atoms with Gasteiger partial charge in [0, 0.05) is 19.2 Å². The monoisotopic (exact) mass is 410 g/mol. The molecule has 0 radical (unpaired) electrons. The van der Waals surface area contributed by atoms with E-state index < -0.39 is 28.5 Å². The molecule has 0 bridgehead atoms. The van der Waals surface area contributed by atoms with Crippen LogP contribution in [-0.4, -0.2) is 51.4 Å². The number of ether oxygens (including phenoxy) is 2. The second-order valence-electron chi connectivity index (χ2n) is 6.29. The molecule has 1 aliphatic heterocycles. The first kappa shape index (κ1) is 21.9. The number of sulfonamides is 1. The summed E-state index contributed by atoms with van der Waals surface area (Å²) in [5, 5.41) is 2.54. The molecule has 0 spiro atoms. The van der Waals surface area contributed by atoms with E-state index in [1.165, 1.54) is 35.7 Å². The first-order valence-electron chi connectivity index (χ1n) is 9.19. The number of carbonyl (C=O) groups excluding carboxylic acids is 2. The van der Waals surface area contributed by atoms with E-state index in [-0.39, 0.29) is 10.6 Å². The second-order valence-corrected chi connectivity index (χ2v) is 8.23. The SMILES string of the molecule is CC/C=C/C(=O)OCC(=O)Nc1cc(S(=O)(=O)N2CCCCC2)ccc1OC. The van der Waals surface area contributed by atoms with Gasteiger partial charge in [0.2, 0.25) is 10.0 Å². The lowest BCUT2D eigenvalue weighted by molar-refractivity contribution is -0.142. The van der Waals surface area contributed by atoms with Crippen LogP contribution < -0.4 is 10.1 Å². The second kappa shape index (κ2) is 10.2. The molecule has 0 unspecified atom stereocenters. The third-order valence-corrected chi connectivity index (χ3v) is 6.13. The highest BCUT2D eigenvalue weighted by atomic mass is 32.2. The highest BCUT2D eigenvalue weighted by molar-refractivity contribution is 7.89. The molecule has 1 amide bonds. The van der Waals surface area contributed by atoms with Crippen LogP contribution in [0.5, 0.6) is 5.75 Å². The van der Waals surface area contributed by atoms with Gasteiger partial charge in [0.05, 0.1) is 17.7 Å². The summed E-state index contributed by atoms with van der Waals surface area (Å²) in [6, 6.07) is 4.30. The van der Waals surface area contributed by atoms with E-state index in [0.717, 1.165) is 19.3 Å². The zero-order chi connectivity index (χ0) is 20.6. The lowest BCUT2D eigenvalue weighted by atomic mass is 10.2. The number of hydrogen-bond donors (Lipinski definition) is 1. The van der Waals surface area contributed by atoms with E-state index in [1.54, 1.807) is 6.08 Å². The number of rotatable bonds is 8. The van der Waals surface area contributed by atoms with Gasteiger partial charge in [0.15, 0.2) is 6.61 Å². The number of methoxy groups -OCH3 is 1. The summed E-state index contributed by atoms with van der Waals surface area (Å²) in [4.78, 5) is 23.6. The molecule has 1 heterocycles. The molecule has 0 atom stereocenters. The van der Waals surface area contributed by atoms with Crippen molar-refractivity contribution in [3.63, 3.8) is 0 Å². The lowest BCUT2D eigenvalue weighted by Gasteiger charge is -2.26. The first-order chi connectivity index (χ1) is 13.4. The van der Waals surface area contributed by atoms with Gasteiger partial charge < -0.3 is 14.8 Å². The summed E-state index contributed by atoms with van der Waals surface area (Å²) in [5.41, 5.74) is 0.200. The predicted molar refractivity (Wildman–Crippen MR) is 105 cm³/mol. The third kappa shape index (κ3) is 5.80. The number of nitrogens with zero attached hydrogens (tertiary/aromatic N) is 1. The maximum atomic E-state index is 12.8. The Bertz CT molecular complexity index is 829. The average Bonchev–Trinajstić information content (AvgIpc) is 2.71. The van der Waals surface area contributed by atoms with Crippen molar-refractivity contribution in [2.75, 3.05) is 32.1 Å². The Labute approximate surface area is 165 Å². The van der Waals surface area contributed by atoms with Gasteiger partial charge in [-0.3, -0.25) is 4.79 Å². The van der Waals surface area contributed by atoms with Crippen LogP contribution in [0.4, 0.5) is 5.69 Å². The quantitative estimate of drug-likeness (QED) is 0.521. The van der Waals surface area contributed by atoms with Crippen LogP contribution in [0, 0.1) is 0 Å². The van der Waals surface area contributed by atoms with Crippen LogP contribution in [0.25, 0.3) is 0 Å². The molecule has 1 aromatic rings. The van der Waals surface area contributed by atoms with E-state index in [0.29, 0.717) is 25.3 Å². The van der Waals surface area contributed by atoms with Crippen LogP contribution in [-0.2, 0) is 24.3 Å². The molecule has 0 aliphatic carbocycles. The molecule has 1 saturated heterocycles. The minimum Gasteiger partial charge on any atom is -0.495 e. The summed E-state index contributed by atoms with van der Waals surface area (Å²) in [6.07, 6.45) is 6.23. The molecule has 1 fully saturated rings. The van der Waals surface area contributed by atoms with E-state index >= 15 is 0 Å². The standard InChI is InChI=1S/C19H26N2O6S/c1-3-4-8-19(23)27-14-18(22)20-16-13-15(9-10-17(16)26-2)28(24,25)21-11-6-5-7-12-21/h4,8-10,13H,3,5-7,11-12,14H2,1-2H3,(H,20,22)/b8-4+. The Morgan fingerprint density at radius 1 is 1.21 bits per heavy atom. The number of anilines is 1. The van der Waals surface area contributed by atoms with Crippen molar-refractivity contribution in [2.45, 2.75) is 37.5 Å². The van der Waals surface area contributed by atoms with Crippen molar-refractivity contribution in [1.82, 2.24) is 4.31 Å². The van der Waals surface area contributed by atoms with Crippen LogP contribution in [0.3, 0.4) is 0 Å². The fraction of sp³-hybridized carbons (Fsp3) is 0.474. The van der Waals surface area contributed by atoms with Gasteiger partial charge in [-0.2, -0.15) is 4.31 Å². The maximum absolute atomic E-state index is 12.8. The van der Waals surface area contributed by atoms with E-state index in [9.17, 15) is 18.0 Å². The van der Waals surface area contributed by atoms with Crippen molar-refractivity contribution in [1.29, 1.82) is 0 Å². The lowest BCUT2D eigenvalue weighted by Crippen LogP contribution is -2.35. The van der Waals surface area contributed by atoms with Crippen molar-refractivity contribution in [3.05, 3.63) is 30.4 Å². The van der Waals surface area contributed by atoms with Crippen LogP contribution in [0.1, 0.15) is 32.6 Å². The van der Waals surface area contributed by atoms with E-state index in [4.69, 9.17) is 9.47 Å². The van der Waals surface area contributed by atoms with Crippen LogP contribution >= 0.6 is 0 Å².